The normalized spacial score (nSPS) is 14.6. The van der Waals surface area contributed by atoms with Gasteiger partial charge in [-0.05, 0) is 42.8 Å². The maximum absolute atomic E-state index is 12.7. The van der Waals surface area contributed by atoms with Gasteiger partial charge >= 0.3 is 0 Å². The zero-order chi connectivity index (χ0) is 19.9. The van der Waals surface area contributed by atoms with Crippen molar-refractivity contribution in [2.45, 2.75) is 26.5 Å². The third-order valence-electron chi connectivity index (χ3n) is 4.10. The highest BCUT2D eigenvalue weighted by atomic mass is 32.2. The molecule has 4 N–H and O–H groups in total. The minimum absolute atomic E-state index is 0.0295. The molecule has 0 bridgehead atoms. The smallest absolute Gasteiger partial charge is 0.247 e. The molecule has 0 saturated heterocycles. The number of primary sulfonamides is 1. The average Bonchev–Trinajstić information content (AvgIpc) is 3.14. The molecule has 0 aliphatic heterocycles. The SMILES string of the molecule is CC(N)(c1ccc(S(=O)(=O)c2csc(S(N)(=O)=O)c2)cc1)c1ccccn1. The van der Waals surface area contributed by atoms with E-state index in [1.807, 2.05) is 6.07 Å². The monoisotopic (exact) mass is 423 g/mol. The van der Waals surface area contributed by atoms with E-state index < -0.39 is 25.4 Å². The van der Waals surface area contributed by atoms with Gasteiger partial charge in [-0.2, -0.15) is 0 Å². The number of pyridine rings is 1. The Kier molecular flexibility index (Phi) is 4.95. The number of thiophene rings is 1. The van der Waals surface area contributed by atoms with Gasteiger partial charge in [0.1, 0.15) is 4.21 Å². The largest absolute Gasteiger partial charge is 0.317 e. The van der Waals surface area contributed by atoms with Crippen molar-refractivity contribution in [3.8, 4) is 0 Å². The van der Waals surface area contributed by atoms with Crippen LogP contribution in [0.15, 0.2) is 74.1 Å². The average molecular weight is 424 g/mol. The Hall–Kier alpha value is -2.11. The van der Waals surface area contributed by atoms with Crippen molar-refractivity contribution < 1.29 is 16.8 Å². The number of hydrogen-bond donors (Lipinski definition) is 2. The third-order valence-corrected chi connectivity index (χ3v) is 8.39. The first-order chi connectivity index (χ1) is 12.5. The second kappa shape index (κ2) is 6.80. The van der Waals surface area contributed by atoms with Crippen LogP contribution in [0.2, 0.25) is 0 Å². The van der Waals surface area contributed by atoms with Gasteiger partial charge in [0.25, 0.3) is 0 Å². The number of sulfonamides is 1. The molecule has 2 aromatic heterocycles. The van der Waals surface area contributed by atoms with Crippen LogP contribution >= 0.6 is 11.3 Å². The number of benzene rings is 1. The topological polar surface area (TPSA) is 133 Å². The fourth-order valence-electron chi connectivity index (χ4n) is 2.52. The van der Waals surface area contributed by atoms with Gasteiger partial charge in [-0.15, -0.1) is 11.3 Å². The van der Waals surface area contributed by atoms with Crippen LogP contribution in [0.5, 0.6) is 0 Å². The highest BCUT2D eigenvalue weighted by molar-refractivity contribution is 7.92. The second-order valence-electron chi connectivity index (χ2n) is 6.09. The lowest BCUT2D eigenvalue weighted by Gasteiger charge is -2.24. The van der Waals surface area contributed by atoms with Gasteiger partial charge in [0.2, 0.25) is 19.9 Å². The summed E-state index contributed by atoms with van der Waals surface area (Å²) >= 11 is 0.762. The lowest BCUT2D eigenvalue weighted by molar-refractivity contribution is 0.579. The summed E-state index contributed by atoms with van der Waals surface area (Å²) in [6.07, 6.45) is 1.64. The molecule has 0 aliphatic carbocycles. The molecular weight excluding hydrogens is 406 g/mol. The van der Waals surface area contributed by atoms with Crippen molar-refractivity contribution in [3.63, 3.8) is 0 Å². The Bertz CT molecular complexity index is 1170. The van der Waals surface area contributed by atoms with Crippen molar-refractivity contribution >= 4 is 31.2 Å². The molecule has 0 radical (unpaired) electrons. The number of aromatic nitrogens is 1. The molecule has 7 nitrogen and oxygen atoms in total. The minimum Gasteiger partial charge on any atom is -0.317 e. The molecule has 3 aromatic rings. The zero-order valence-corrected chi connectivity index (χ0v) is 16.7. The fraction of sp³-hybridized carbons (Fsp3) is 0.118. The van der Waals surface area contributed by atoms with E-state index in [9.17, 15) is 16.8 Å². The van der Waals surface area contributed by atoms with Crippen LogP contribution < -0.4 is 10.9 Å². The van der Waals surface area contributed by atoms with E-state index in [2.05, 4.69) is 4.98 Å². The van der Waals surface area contributed by atoms with E-state index >= 15 is 0 Å². The van der Waals surface area contributed by atoms with E-state index in [4.69, 9.17) is 10.9 Å². The van der Waals surface area contributed by atoms with Crippen molar-refractivity contribution in [1.82, 2.24) is 4.98 Å². The molecule has 1 unspecified atom stereocenters. The van der Waals surface area contributed by atoms with Crippen molar-refractivity contribution in [1.29, 1.82) is 0 Å². The van der Waals surface area contributed by atoms with E-state index in [1.54, 1.807) is 37.4 Å². The van der Waals surface area contributed by atoms with E-state index in [0.29, 0.717) is 11.3 Å². The Balaban J connectivity index is 1.96. The Morgan fingerprint density at radius 3 is 2.19 bits per heavy atom. The summed E-state index contributed by atoms with van der Waals surface area (Å²) in [7, 11) is -7.82. The lowest BCUT2D eigenvalue weighted by atomic mass is 9.89. The molecule has 142 valence electrons. The Morgan fingerprint density at radius 2 is 1.67 bits per heavy atom. The van der Waals surface area contributed by atoms with E-state index in [0.717, 1.165) is 17.4 Å². The molecule has 0 saturated carbocycles. The van der Waals surface area contributed by atoms with Crippen LogP contribution in [-0.2, 0) is 25.4 Å². The minimum atomic E-state index is -3.95. The van der Waals surface area contributed by atoms with Gasteiger partial charge in [0.15, 0.2) is 0 Å². The van der Waals surface area contributed by atoms with Gasteiger partial charge in [0.05, 0.1) is 21.0 Å². The van der Waals surface area contributed by atoms with Crippen LogP contribution in [0.25, 0.3) is 0 Å². The molecule has 1 aromatic carbocycles. The summed E-state index contributed by atoms with van der Waals surface area (Å²) in [4.78, 5) is 4.17. The number of sulfone groups is 1. The van der Waals surface area contributed by atoms with Gasteiger partial charge in [0, 0.05) is 11.6 Å². The van der Waals surface area contributed by atoms with E-state index in [1.165, 1.54) is 17.5 Å². The molecular formula is C17H17N3O4S3. The highest BCUT2D eigenvalue weighted by Gasteiger charge is 2.27. The first kappa shape index (κ1) is 19.6. The molecule has 0 fully saturated rings. The van der Waals surface area contributed by atoms with Gasteiger partial charge in [-0.25, -0.2) is 22.0 Å². The van der Waals surface area contributed by atoms with Crippen LogP contribution in [0.4, 0.5) is 0 Å². The van der Waals surface area contributed by atoms with Crippen LogP contribution in [0.1, 0.15) is 18.2 Å². The molecule has 2 heterocycles. The first-order valence-corrected chi connectivity index (χ1v) is 11.6. The third kappa shape index (κ3) is 3.80. The van der Waals surface area contributed by atoms with Crippen LogP contribution in [-0.4, -0.2) is 21.8 Å². The molecule has 0 spiro atoms. The van der Waals surface area contributed by atoms with Gasteiger partial charge < -0.3 is 5.73 Å². The number of hydrogen-bond acceptors (Lipinski definition) is 7. The van der Waals surface area contributed by atoms with E-state index in [-0.39, 0.29) is 14.0 Å². The fourth-order valence-corrected chi connectivity index (χ4v) is 5.83. The standard InChI is InChI=1S/C17H17N3O4S3/c1-17(18,15-4-2-3-9-20-15)12-5-7-13(8-6-12)26(21,22)14-10-16(25-11-14)27(19,23)24/h2-11H,18H2,1H3,(H2,19,23,24). The van der Waals surface area contributed by atoms with Crippen molar-refractivity contribution in [3.05, 3.63) is 71.4 Å². The predicted molar refractivity (Wildman–Crippen MR) is 102 cm³/mol. The quantitative estimate of drug-likeness (QED) is 0.643. The molecule has 0 amide bonds. The Morgan fingerprint density at radius 1 is 1.00 bits per heavy atom. The first-order valence-electron chi connectivity index (χ1n) is 7.70. The molecule has 1 atom stereocenters. The molecule has 3 rings (SSSR count). The summed E-state index contributed by atoms with van der Waals surface area (Å²) in [5, 5.41) is 6.30. The molecule has 27 heavy (non-hydrogen) atoms. The predicted octanol–water partition coefficient (Wildman–Crippen LogP) is 1.85. The number of nitrogens with two attached hydrogens (primary N) is 2. The maximum atomic E-state index is 12.7. The Labute approximate surface area is 161 Å². The maximum Gasteiger partial charge on any atom is 0.247 e. The van der Waals surface area contributed by atoms with Crippen molar-refractivity contribution in [2.24, 2.45) is 10.9 Å². The summed E-state index contributed by atoms with van der Waals surface area (Å²) in [5.74, 6) is 0. The second-order valence-corrected chi connectivity index (χ2v) is 10.7. The van der Waals surface area contributed by atoms with Crippen molar-refractivity contribution in [2.75, 3.05) is 0 Å². The lowest BCUT2D eigenvalue weighted by Crippen LogP contribution is -2.35. The summed E-state index contributed by atoms with van der Waals surface area (Å²) < 4.78 is 48.0. The van der Waals surface area contributed by atoms with Gasteiger partial charge in [-0.1, -0.05) is 18.2 Å². The highest BCUT2D eigenvalue weighted by Crippen LogP contribution is 2.30. The summed E-state index contributed by atoms with van der Waals surface area (Å²) in [5.41, 5.74) is 6.83. The summed E-state index contributed by atoms with van der Waals surface area (Å²) in [6.45, 7) is 1.79. The van der Waals surface area contributed by atoms with Gasteiger partial charge in [-0.3, -0.25) is 4.98 Å². The summed E-state index contributed by atoms with van der Waals surface area (Å²) in [6, 6.07) is 12.6. The molecule has 10 heteroatoms. The number of nitrogens with zero attached hydrogens (tertiary/aromatic N) is 1. The van der Waals surface area contributed by atoms with Crippen LogP contribution in [0.3, 0.4) is 0 Å². The zero-order valence-electron chi connectivity index (χ0n) is 14.2. The van der Waals surface area contributed by atoms with Crippen LogP contribution in [0, 0.1) is 0 Å². The molecule has 0 aliphatic rings. The number of rotatable bonds is 5.